The van der Waals surface area contributed by atoms with Crippen LogP contribution in [0.25, 0.3) is 43.1 Å². The van der Waals surface area contributed by atoms with E-state index in [0.717, 1.165) is 112 Å². The standard InChI is InChI=1S/C85H106BrN3O8.C20H32O3/c1-11-13-15-17-19-21-23-25-28-32-46-95-59-49-58(50-60(51-59)96-47-33-29-26-24-22-20-18-16-14-12-2)85(94)97-48-34-30-27-31-45-87-72-53-70-74-68(82(91)89(84(70)93)80-63(56(7)8)39-36-40-64(80)57(9)10)43-41-65-75-71(86)52-69-73-67(44-42-66(77(73)75)76(72)78(65)74)81(90)88(83(69)92)79-61(54(3)4)37-35-38-62(79)55(5)6;1-3-4-5-6-7-8-9-10-11-12-13-23-19-15-17(2)14-18(16-19)20(21)22/h35-44,49-57,87H,11-34,45-48H2,1-10H3;14-16H,3-13H2,1-2H3,(H,21,22). The maximum absolute atomic E-state index is 15.7. The number of anilines is 3. The van der Waals surface area contributed by atoms with E-state index < -0.39 is 11.9 Å². The zero-order chi connectivity index (χ0) is 85.8. The van der Waals surface area contributed by atoms with E-state index in [1.807, 2.05) is 91.9 Å². The molecule has 4 amide bonds. The van der Waals surface area contributed by atoms with Crippen LogP contribution in [0, 0.1) is 6.92 Å². The monoisotopic (exact) mass is 1700 g/mol. The molecule has 0 saturated heterocycles. The van der Waals surface area contributed by atoms with E-state index in [4.69, 9.17) is 24.1 Å². The quantitative estimate of drug-likeness (QED) is 0.0121. The molecule has 2 heterocycles. The maximum atomic E-state index is 15.7. The molecule has 0 unspecified atom stereocenters. The minimum absolute atomic E-state index is 0.0254. The van der Waals surface area contributed by atoms with Crippen molar-refractivity contribution in [2.45, 2.75) is 325 Å². The number of esters is 1. The van der Waals surface area contributed by atoms with E-state index in [0.29, 0.717) is 116 Å². The lowest BCUT2D eigenvalue weighted by atomic mass is 9.81. The van der Waals surface area contributed by atoms with E-state index in [1.165, 1.54) is 170 Å². The summed E-state index contributed by atoms with van der Waals surface area (Å²) in [6.45, 7) is 28.0. The number of hydrogen-bond acceptors (Lipinski definition) is 11. The van der Waals surface area contributed by atoms with Crippen molar-refractivity contribution in [2.24, 2.45) is 0 Å². The van der Waals surface area contributed by atoms with E-state index in [-0.39, 0.29) is 53.9 Å². The Kier molecular flexibility index (Phi) is 36.6. The summed E-state index contributed by atoms with van der Waals surface area (Å²) in [5, 5.41) is 18.7. The molecule has 11 rings (SSSR count). The van der Waals surface area contributed by atoms with Gasteiger partial charge in [-0.15, -0.1) is 0 Å². The fraction of sp³-hybridized carbons (Fsp3) is 0.524. The second-order valence-electron chi connectivity index (χ2n) is 35.1. The van der Waals surface area contributed by atoms with Crippen LogP contribution in [0.1, 0.15) is 408 Å². The Morgan fingerprint density at radius 2 is 0.708 bits per heavy atom. The fourth-order valence-corrected chi connectivity index (χ4v) is 18.3. The lowest BCUT2D eigenvalue weighted by Gasteiger charge is -2.34. The lowest BCUT2D eigenvalue weighted by Crippen LogP contribution is -2.42. The zero-order valence-corrected chi connectivity index (χ0v) is 76.2. The highest BCUT2D eigenvalue weighted by Gasteiger charge is 2.42. The molecular weight excluding hydrogens is 1560 g/mol. The van der Waals surface area contributed by atoms with Gasteiger partial charge in [-0.3, -0.25) is 19.2 Å². The van der Waals surface area contributed by atoms with Crippen LogP contribution in [0.5, 0.6) is 17.2 Å². The number of carboxylic acids is 1. The number of nitrogens with one attached hydrogen (secondary N) is 1. The minimum atomic E-state index is -0.905. The number of hydrogen-bond donors (Lipinski definition) is 2. The molecule has 2 N–H and O–H groups in total. The number of benzene rings is 9. The van der Waals surface area contributed by atoms with Crippen molar-refractivity contribution in [3.8, 4) is 17.2 Å². The number of rotatable bonds is 52. The lowest BCUT2D eigenvalue weighted by molar-refractivity contribution is 0.0495. The molecule has 0 saturated carbocycles. The van der Waals surface area contributed by atoms with Gasteiger partial charge < -0.3 is 29.4 Å². The van der Waals surface area contributed by atoms with Crippen molar-refractivity contribution in [1.29, 1.82) is 0 Å². The number of halogens is 1. The van der Waals surface area contributed by atoms with Gasteiger partial charge in [0.2, 0.25) is 0 Å². The highest BCUT2D eigenvalue weighted by atomic mass is 79.9. The Morgan fingerprint density at radius 1 is 0.367 bits per heavy atom. The normalized spacial score (nSPS) is 12.8. The first kappa shape index (κ1) is 93.4. The van der Waals surface area contributed by atoms with Gasteiger partial charge in [0.25, 0.3) is 23.6 Å². The molecule has 9 aromatic rings. The number of unbranched alkanes of at least 4 members (excludes halogenated alkanes) is 30. The number of imide groups is 2. The topological polar surface area (TPSA) is 178 Å². The molecule has 0 aromatic heterocycles. The predicted molar refractivity (Wildman–Crippen MR) is 501 cm³/mol. The van der Waals surface area contributed by atoms with E-state index in [2.05, 4.69) is 97.4 Å². The van der Waals surface area contributed by atoms with Gasteiger partial charge in [0.15, 0.2) is 0 Å². The highest BCUT2D eigenvalue weighted by molar-refractivity contribution is 9.10. The van der Waals surface area contributed by atoms with Gasteiger partial charge >= 0.3 is 11.9 Å². The number of carboxylic acid groups (broad SMARTS) is 1. The molecule has 0 bridgehead atoms. The van der Waals surface area contributed by atoms with Crippen molar-refractivity contribution in [3.63, 3.8) is 0 Å². The molecule has 646 valence electrons. The third-order valence-corrected chi connectivity index (χ3v) is 24.9. The van der Waals surface area contributed by atoms with Crippen LogP contribution in [0.4, 0.5) is 17.1 Å². The Hall–Kier alpha value is -8.82. The molecule has 15 heteroatoms. The molecule has 0 spiro atoms. The van der Waals surface area contributed by atoms with E-state index in [9.17, 15) is 9.59 Å². The summed E-state index contributed by atoms with van der Waals surface area (Å²) in [7, 11) is 0. The van der Waals surface area contributed by atoms with Crippen LogP contribution in [-0.4, -0.2) is 73.6 Å². The summed E-state index contributed by atoms with van der Waals surface area (Å²) < 4.78 is 24.9. The molecule has 0 fully saturated rings. The summed E-state index contributed by atoms with van der Waals surface area (Å²) in [6.07, 6.45) is 41.0. The van der Waals surface area contributed by atoms with Crippen molar-refractivity contribution in [3.05, 3.63) is 175 Å². The number of aromatic carboxylic acids is 1. The summed E-state index contributed by atoms with van der Waals surface area (Å²) >= 11 is 3.99. The number of ether oxygens (including phenoxy) is 4. The molecule has 120 heavy (non-hydrogen) atoms. The zero-order valence-electron chi connectivity index (χ0n) is 74.6. The van der Waals surface area contributed by atoms with Crippen molar-refractivity contribution in [1.82, 2.24) is 0 Å². The fourth-order valence-electron chi connectivity index (χ4n) is 17.7. The number of aryl methyl sites for hydroxylation is 1. The smallest absolute Gasteiger partial charge is 0.338 e. The van der Waals surface area contributed by atoms with E-state index >= 15 is 19.2 Å². The Bertz CT molecular complexity index is 4820. The van der Waals surface area contributed by atoms with Crippen LogP contribution in [-0.2, 0) is 4.74 Å². The number of amides is 4. The number of para-hydroxylation sites is 2. The predicted octanol–water partition coefficient (Wildman–Crippen LogP) is 30.0. The molecule has 0 radical (unpaired) electrons. The molecule has 0 atom stereocenters. The molecule has 14 nitrogen and oxygen atoms in total. The second kappa shape index (κ2) is 47.0. The van der Waals surface area contributed by atoms with Gasteiger partial charge in [-0.1, -0.05) is 320 Å². The van der Waals surface area contributed by atoms with Crippen molar-refractivity contribution in [2.75, 3.05) is 48.1 Å². The van der Waals surface area contributed by atoms with Crippen LogP contribution < -0.4 is 29.3 Å². The van der Waals surface area contributed by atoms with Crippen LogP contribution in [0.2, 0.25) is 0 Å². The minimum Gasteiger partial charge on any atom is -0.494 e. The third kappa shape index (κ3) is 23.9. The van der Waals surface area contributed by atoms with Crippen molar-refractivity contribution < 1.29 is 52.8 Å². The largest absolute Gasteiger partial charge is 0.494 e. The molecule has 2 aliphatic rings. The first-order valence-electron chi connectivity index (χ1n) is 46.4. The molecule has 2 aliphatic heterocycles. The van der Waals surface area contributed by atoms with Crippen LogP contribution in [0.3, 0.4) is 0 Å². The van der Waals surface area contributed by atoms with Crippen LogP contribution >= 0.6 is 15.9 Å². The van der Waals surface area contributed by atoms with E-state index in [1.54, 1.807) is 24.3 Å². The summed E-state index contributed by atoms with van der Waals surface area (Å²) in [6, 6.07) is 34.2. The summed E-state index contributed by atoms with van der Waals surface area (Å²) in [5.41, 5.74) is 9.03. The summed E-state index contributed by atoms with van der Waals surface area (Å²) in [5.74, 6) is -0.785. The van der Waals surface area contributed by atoms with Gasteiger partial charge in [0.1, 0.15) is 17.2 Å². The first-order valence-corrected chi connectivity index (χ1v) is 47.2. The Labute approximate surface area is 725 Å². The molecule has 0 aliphatic carbocycles. The number of carbonyl (C=O) groups is 6. The molecular formula is C105H138BrN3O11. The van der Waals surface area contributed by atoms with Crippen molar-refractivity contribution >= 4 is 112 Å². The van der Waals surface area contributed by atoms with Crippen LogP contribution in [0.15, 0.2) is 114 Å². The Balaban J connectivity index is 0.000000568. The second-order valence-corrected chi connectivity index (χ2v) is 36.0. The Morgan fingerprint density at radius 3 is 1.11 bits per heavy atom. The average Bonchev–Trinajstić information content (AvgIpc) is 0.679. The number of fused-ring (bicyclic) bond motifs is 2. The van der Waals surface area contributed by atoms with Gasteiger partial charge in [0.05, 0.1) is 60.1 Å². The maximum Gasteiger partial charge on any atom is 0.338 e. The van der Waals surface area contributed by atoms with Gasteiger partial charge in [-0.2, -0.15) is 0 Å². The summed E-state index contributed by atoms with van der Waals surface area (Å²) in [4.78, 5) is 89.4. The third-order valence-electron chi connectivity index (χ3n) is 24.3. The van der Waals surface area contributed by atoms with Gasteiger partial charge in [-0.05, 0) is 162 Å². The van der Waals surface area contributed by atoms with Gasteiger partial charge in [0, 0.05) is 66.2 Å². The average molecular weight is 1700 g/mol. The number of carbonyl (C=O) groups excluding carboxylic acids is 5. The molecule has 9 aromatic carbocycles. The first-order chi connectivity index (χ1) is 58.1. The highest BCUT2D eigenvalue weighted by Crippen LogP contribution is 2.53. The SMILES string of the molecule is CCCCCCCCCCCCOc1cc(C)cc(C(=O)O)c1.CCCCCCCCCCCCOc1cc(OCCCCCCCCCCCC)cc(C(=O)OCCCCCCNc2cc3c4c(ccc5c6c(Br)cc7c8c(ccc(c2c45)c86)C(=O)N(c2c(C(C)C)cccc2C(C)C)C7=O)C(=O)N(c2c(C(C)C)cccc2C(C)C)C3=O)c1. The van der Waals surface area contributed by atoms with Gasteiger partial charge in [-0.25, -0.2) is 19.4 Å². The number of nitrogens with zero attached hydrogens (tertiary/aromatic N) is 2.